The first-order chi connectivity index (χ1) is 13.6. The van der Waals surface area contributed by atoms with E-state index in [0.29, 0.717) is 17.2 Å². The fraction of sp³-hybridized carbons (Fsp3) is 0.364. The number of H-pyrrole nitrogens is 1. The van der Waals surface area contributed by atoms with E-state index in [2.05, 4.69) is 46.0 Å². The molecule has 6 nitrogen and oxygen atoms in total. The molecule has 6 heteroatoms. The van der Waals surface area contributed by atoms with Gasteiger partial charge in [0.25, 0.3) is 5.56 Å². The number of benzene rings is 2. The lowest BCUT2D eigenvalue weighted by Crippen LogP contribution is -2.48. The van der Waals surface area contributed by atoms with Crippen LogP contribution >= 0.6 is 0 Å². The van der Waals surface area contributed by atoms with Crippen molar-refractivity contribution in [1.29, 1.82) is 0 Å². The van der Waals surface area contributed by atoms with Crippen LogP contribution in [0.1, 0.15) is 19.4 Å². The zero-order valence-electron chi connectivity index (χ0n) is 16.2. The first kappa shape index (κ1) is 17.4. The minimum atomic E-state index is -0.188. The van der Waals surface area contributed by atoms with Crippen LogP contribution in [0.3, 0.4) is 0 Å². The third kappa shape index (κ3) is 2.89. The fourth-order valence-electron chi connectivity index (χ4n) is 4.23. The fourth-order valence-corrected chi connectivity index (χ4v) is 4.23. The number of hydrogen-bond donors (Lipinski definition) is 1. The van der Waals surface area contributed by atoms with Crippen molar-refractivity contribution in [2.75, 3.05) is 26.2 Å². The molecule has 1 N–H and O–H groups in total. The lowest BCUT2D eigenvalue weighted by molar-refractivity contribution is 0.104. The van der Waals surface area contributed by atoms with Crippen LogP contribution in [-0.4, -0.2) is 52.2 Å². The van der Waals surface area contributed by atoms with Gasteiger partial charge in [0.2, 0.25) is 0 Å². The topological polar surface area (TPSA) is 61.5 Å². The van der Waals surface area contributed by atoms with Crippen LogP contribution < -0.4 is 10.3 Å². The Hall–Kier alpha value is -2.70. The summed E-state index contributed by atoms with van der Waals surface area (Å²) >= 11 is 0. The Labute approximate surface area is 163 Å². The summed E-state index contributed by atoms with van der Waals surface area (Å²) in [5.41, 5.74) is 2.78. The summed E-state index contributed by atoms with van der Waals surface area (Å²) in [6.07, 6.45) is 0. The molecule has 0 aliphatic carbocycles. The average Bonchev–Trinajstić information content (AvgIpc) is 2.71. The molecule has 0 radical (unpaired) electrons. The number of nitrogens with one attached hydrogen (secondary N) is 1. The smallest absolute Gasteiger partial charge is 0.272 e. The first-order valence-corrected chi connectivity index (χ1v) is 9.89. The molecule has 0 bridgehead atoms. The molecule has 1 aromatic heterocycles. The maximum absolute atomic E-state index is 12.2. The Morgan fingerprint density at radius 3 is 2.71 bits per heavy atom. The van der Waals surface area contributed by atoms with E-state index in [1.165, 1.54) is 5.56 Å². The van der Waals surface area contributed by atoms with E-state index in [0.717, 1.165) is 55.1 Å². The molecule has 0 saturated carbocycles. The number of rotatable bonds is 3. The molecule has 0 spiro atoms. The summed E-state index contributed by atoms with van der Waals surface area (Å²) in [5.74, 6) is 1.48. The predicted molar refractivity (Wildman–Crippen MR) is 110 cm³/mol. The van der Waals surface area contributed by atoms with Crippen molar-refractivity contribution in [3.8, 4) is 22.8 Å². The van der Waals surface area contributed by atoms with Gasteiger partial charge in [0.1, 0.15) is 17.2 Å². The number of hydrogen-bond acceptors (Lipinski definition) is 5. The SMILES string of the molecule is CC(C)N1CCN(Cc2ccc3c(c2)-c2n[nH]c(=O)c4cccc(c24)O3)CC1. The zero-order valence-corrected chi connectivity index (χ0v) is 16.2. The highest BCUT2D eigenvalue weighted by Gasteiger charge is 2.24. The molecule has 144 valence electrons. The Morgan fingerprint density at radius 2 is 1.93 bits per heavy atom. The third-order valence-corrected chi connectivity index (χ3v) is 5.84. The number of aromatic amines is 1. The second-order valence-corrected chi connectivity index (χ2v) is 7.92. The van der Waals surface area contributed by atoms with Crippen molar-refractivity contribution in [3.05, 3.63) is 52.3 Å². The van der Waals surface area contributed by atoms with Crippen LogP contribution in [0.15, 0.2) is 41.2 Å². The van der Waals surface area contributed by atoms with Gasteiger partial charge in [0, 0.05) is 44.3 Å². The minimum absolute atomic E-state index is 0.188. The van der Waals surface area contributed by atoms with Crippen molar-refractivity contribution >= 4 is 10.8 Å². The Morgan fingerprint density at radius 1 is 1.11 bits per heavy atom. The second kappa shape index (κ2) is 6.72. The molecule has 0 unspecified atom stereocenters. The maximum atomic E-state index is 12.2. The Bertz CT molecular complexity index is 1100. The van der Waals surface area contributed by atoms with Gasteiger partial charge in [0.05, 0.1) is 10.8 Å². The van der Waals surface area contributed by atoms with E-state index in [9.17, 15) is 4.79 Å². The highest BCUT2D eigenvalue weighted by molar-refractivity contribution is 6.01. The van der Waals surface area contributed by atoms with Gasteiger partial charge in [-0.25, -0.2) is 5.10 Å². The van der Waals surface area contributed by atoms with Gasteiger partial charge >= 0.3 is 0 Å². The van der Waals surface area contributed by atoms with E-state index in [1.54, 1.807) is 0 Å². The lowest BCUT2D eigenvalue weighted by atomic mass is 9.99. The van der Waals surface area contributed by atoms with E-state index in [-0.39, 0.29) is 5.56 Å². The number of nitrogens with zero attached hydrogens (tertiary/aromatic N) is 3. The molecule has 28 heavy (non-hydrogen) atoms. The third-order valence-electron chi connectivity index (χ3n) is 5.84. The van der Waals surface area contributed by atoms with Crippen molar-refractivity contribution in [1.82, 2.24) is 20.0 Å². The molecule has 1 fully saturated rings. The van der Waals surface area contributed by atoms with Gasteiger partial charge in [-0.15, -0.1) is 0 Å². The van der Waals surface area contributed by atoms with Crippen molar-refractivity contribution in [2.24, 2.45) is 0 Å². The molecule has 2 aliphatic rings. The Balaban J connectivity index is 1.46. The highest BCUT2D eigenvalue weighted by atomic mass is 16.5. The van der Waals surface area contributed by atoms with Crippen molar-refractivity contribution in [3.63, 3.8) is 0 Å². The van der Waals surface area contributed by atoms with Gasteiger partial charge in [0.15, 0.2) is 0 Å². The van der Waals surface area contributed by atoms with E-state index in [4.69, 9.17) is 4.74 Å². The van der Waals surface area contributed by atoms with E-state index in [1.807, 2.05) is 24.3 Å². The van der Waals surface area contributed by atoms with E-state index < -0.39 is 0 Å². The van der Waals surface area contributed by atoms with Crippen LogP contribution in [0.2, 0.25) is 0 Å². The van der Waals surface area contributed by atoms with Gasteiger partial charge < -0.3 is 4.74 Å². The van der Waals surface area contributed by atoms with Gasteiger partial charge in [-0.05, 0) is 43.7 Å². The molecule has 5 rings (SSSR count). The van der Waals surface area contributed by atoms with Crippen LogP contribution in [0.25, 0.3) is 22.0 Å². The largest absolute Gasteiger partial charge is 0.456 e. The number of fused-ring (bicyclic) bond motifs is 2. The molecular formula is C22H24N4O2. The number of piperazine rings is 1. The van der Waals surface area contributed by atoms with Crippen molar-refractivity contribution < 1.29 is 4.74 Å². The van der Waals surface area contributed by atoms with Crippen molar-refractivity contribution in [2.45, 2.75) is 26.4 Å². The summed E-state index contributed by atoms with van der Waals surface area (Å²) in [6, 6.07) is 12.4. The summed E-state index contributed by atoms with van der Waals surface area (Å²) in [6.45, 7) is 9.81. The molecule has 0 atom stereocenters. The first-order valence-electron chi connectivity index (χ1n) is 9.89. The predicted octanol–water partition coefficient (Wildman–Crippen LogP) is 3.22. The highest BCUT2D eigenvalue weighted by Crippen LogP contribution is 2.44. The molecule has 2 aliphatic heterocycles. The second-order valence-electron chi connectivity index (χ2n) is 7.92. The summed E-state index contributed by atoms with van der Waals surface area (Å²) in [7, 11) is 0. The molecular weight excluding hydrogens is 352 g/mol. The lowest BCUT2D eigenvalue weighted by Gasteiger charge is -2.37. The average molecular weight is 376 g/mol. The summed E-state index contributed by atoms with van der Waals surface area (Å²) in [5, 5.41) is 8.40. The van der Waals surface area contributed by atoms with Crippen LogP contribution in [0, 0.1) is 0 Å². The minimum Gasteiger partial charge on any atom is -0.456 e. The van der Waals surface area contributed by atoms with E-state index >= 15 is 0 Å². The Kier molecular flexibility index (Phi) is 4.18. The molecule has 2 aromatic carbocycles. The normalized spacial score (nSPS) is 17.0. The van der Waals surface area contributed by atoms with Gasteiger partial charge in [-0.2, -0.15) is 5.10 Å². The standard InChI is InChI=1S/C22H24N4O2/c1-14(2)26-10-8-25(9-11-26)13-15-6-7-18-17(12-15)21-20-16(22(27)24-23-21)4-3-5-19(20)28-18/h3-7,12,14H,8-11,13H2,1-2H3,(H,24,27). The summed E-state index contributed by atoms with van der Waals surface area (Å²) in [4.78, 5) is 17.2. The monoisotopic (exact) mass is 376 g/mol. The molecule has 1 saturated heterocycles. The van der Waals surface area contributed by atoms with Gasteiger partial charge in [-0.1, -0.05) is 12.1 Å². The van der Waals surface area contributed by atoms with Crippen LogP contribution in [0.4, 0.5) is 0 Å². The molecule has 3 heterocycles. The molecule has 3 aromatic rings. The zero-order chi connectivity index (χ0) is 19.3. The maximum Gasteiger partial charge on any atom is 0.272 e. The van der Waals surface area contributed by atoms with Crippen LogP contribution in [-0.2, 0) is 6.54 Å². The quantitative estimate of drug-likeness (QED) is 0.595. The van der Waals surface area contributed by atoms with Crippen LogP contribution in [0.5, 0.6) is 11.5 Å². The summed E-state index contributed by atoms with van der Waals surface area (Å²) < 4.78 is 6.08. The number of ether oxygens (including phenoxy) is 1. The number of aromatic nitrogens is 2. The molecule has 0 amide bonds. The van der Waals surface area contributed by atoms with Gasteiger partial charge in [-0.3, -0.25) is 14.6 Å².